The number of hydrogen-bond acceptors (Lipinski definition) is 5. The fourth-order valence-electron chi connectivity index (χ4n) is 4.82. The Bertz CT molecular complexity index is 1140. The topological polar surface area (TPSA) is 98.5 Å². The van der Waals surface area contributed by atoms with Crippen molar-refractivity contribution in [3.8, 4) is 11.1 Å². The Morgan fingerprint density at radius 2 is 1.88 bits per heavy atom. The second-order valence-corrected chi connectivity index (χ2v) is 11.0. The third-order valence-corrected chi connectivity index (χ3v) is 8.75. The highest BCUT2D eigenvalue weighted by Crippen LogP contribution is 2.42. The molecule has 0 unspecified atom stereocenters. The molecule has 11 heteroatoms. The van der Waals surface area contributed by atoms with Crippen molar-refractivity contribution >= 4 is 15.8 Å². The first kappa shape index (κ1) is 23.7. The number of aryl methyl sites for hydroxylation is 1. The zero-order chi connectivity index (χ0) is 24.0. The van der Waals surface area contributed by atoms with Crippen LogP contribution in [0.4, 0.5) is 13.2 Å². The highest BCUT2D eigenvalue weighted by Gasteiger charge is 2.48. The lowest BCUT2D eigenvalue weighted by molar-refractivity contribution is -0.147. The Morgan fingerprint density at radius 1 is 1.18 bits per heavy atom. The van der Waals surface area contributed by atoms with Crippen molar-refractivity contribution in [3.63, 3.8) is 0 Å². The number of carboxylic acid groups (broad SMARTS) is 1. The van der Waals surface area contributed by atoms with E-state index in [0.717, 1.165) is 37.8 Å². The van der Waals surface area contributed by atoms with Crippen LogP contribution in [0.5, 0.6) is 0 Å². The summed E-state index contributed by atoms with van der Waals surface area (Å²) in [4.78, 5) is 10.9. The van der Waals surface area contributed by atoms with Gasteiger partial charge in [0.05, 0.1) is 40.0 Å². The van der Waals surface area contributed by atoms with Gasteiger partial charge in [-0.15, -0.1) is 0 Å². The summed E-state index contributed by atoms with van der Waals surface area (Å²) in [7, 11) is -2.84. The number of aromatic nitrogens is 2. The minimum absolute atomic E-state index is 0.136. The van der Waals surface area contributed by atoms with Gasteiger partial charge in [-0.25, -0.2) is 8.42 Å². The molecule has 1 aromatic carbocycles. The van der Waals surface area contributed by atoms with E-state index in [0.29, 0.717) is 5.56 Å². The summed E-state index contributed by atoms with van der Waals surface area (Å²) in [6.45, 7) is 0. The third kappa shape index (κ3) is 4.79. The number of nitrogens with zero attached hydrogens (tertiary/aromatic N) is 2. The maximum absolute atomic E-state index is 13.9. The van der Waals surface area contributed by atoms with Gasteiger partial charge in [0, 0.05) is 18.8 Å². The SMILES string of the molecule is Cn1cc(-c2ccc(S(=O)(=O)[C@@H]3C[C@H](OC4CCCC4)[C@@H](C(=O)O)C3)c(C(F)(F)F)c2)cn1. The van der Waals surface area contributed by atoms with E-state index in [9.17, 15) is 31.5 Å². The third-order valence-electron chi connectivity index (χ3n) is 6.52. The van der Waals surface area contributed by atoms with E-state index in [4.69, 9.17) is 4.74 Å². The van der Waals surface area contributed by atoms with Gasteiger partial charge in [0.2, 0.25) is 0 Å². The molecule has 2 aliphatic rings. The first-order valence-corrected chi connectivity index (χ1v) is 12.3. The predicted molar refractivity (Wildman–Crippen MR) is 112 cm³/mol. The quantitative estimate of drug-likeness (QED) is 0.661. The lowest BCUT2D eigenvalue weighted by atomic mass is 10.1. The molecule has 2 aromatic rings. The van der Waals surface area contributed by atoms with Crippen LogP contribution in [0.1, 0.15) is 44.1 Å². The van der Waals surface area contributed by atoms with Crippen molar-refractivity contribution < 1.29 is 36.2 Å². The Morgan fingerprint density at radius 3 is 2.45 bits per heavy atom. The van der Waals surface area contributed by atoms with Gasteiger partial charge in [-0.05, 0) is 43.4 Å². The number of halogens is 3. The molecule has 0 radical (unpaired) electrons. The first-order chi connectivity index (χ1) is 15.5. The number of aliphatic carboxylic acids is 1. The molecule has 1 heterocycles. The van der Waals surface area contributed by atoms with E-state index in [1.807, 2.05) is 0 Å². The lowest BCUT2D eigenvalue weighted by Crippen LogP contribution is -2.28. The van der Waals surface area contributed by atoms with Crippen molar-refractivity contribution in [2.75, 3.05) is 0 Å². The van der Waals surface area contributed by atoms with E-state index in [-0.39, 0.29) is 24.5 Å². The van der Waals surface area contributed by atoms with Crippen molar-refractivity contribution in [2.24, 2.45) is 13.0 Å². The maximum atomic E-state index is 13.9. The molecule has 1 N–H and O–H groups in total. The highest BCUT2D eigenvalue weighted by atomic mass is 32.2. The normalized spacial score (nSPS) is 24.4. The van der Waals surface area contributed by atoms with Crippen molar-refractivity contribution in [3.05, 3.63) is 36.2 Å². The number of hydrogen-bond donors (Lipinski definition) is 1. The fraction of sp³-hybridized carbons (Fsp3) is 0.545. The molecule has 7 nitrogen and oxygen atoms in total. The van der Waals surface area contributed by atoms with Crippen LogP contribution in [0.2, 0.25) is 0 Å². The van der Waals surface area contributed by atoms with Crippen molar-refractivity contribution in [2.45, 2.75) is 67.1 Å². The van der Waals surface area contributed by atoms with Crippen LogP contribution in [-0.4, -0.2) is 46.7 Å². The van der Waals surface area contributed by atoms with E-state index < -0.39 is 49.7 Å². The van der Waals surface area contributed by atoms with Crippen LogP contribution < -0.4 is 0 Å². The summed E-state index contributed by atoms with van der Waals surface area (Å²) in [5.74, 6) is -2.27. The number of carbonyl (C=O) groups is 1. The minimum atomic E-state index is -4.91. The largest absolute Gasteiger partial charge is 0.481 e. The zero-order valence-electron chi connectivity index (χ0n) is 18.0. The molecule has 0 spiro atoms. The smallest absolute Gasteiger partial charge is 0.417 e. The summed E-state index contributed by atoms with van der Waals surface area (Å²) >= 11 is 0. The van der Waals surface area contributed by atoms with Crippen LogP contribution >= 0.6 is 0 Å². The fourth-order valence-corrected chi connectivity index (χ4v) is 6.82. The van der Waals surface area contributed by atoms with Crippen molar-refractivity contribution in [1.29, 1.82) is 0 Å². The van der Waals surface area contributed by atoms with E-state index in [1.165, 1.54) is 23.1 Å². The van der Waals surface area contributed by atoms with Gasteiger partial charge in [-0.3, -0.25) is 9.48 Å². The summed E-state index contributed by atoms with van der Waals surface area (Å²) in [5, 5.41) is 12.3. The summed E-state index contributed by atoms with van der Waals surface area (Å²) in [5.41, 5.74) is -0.661. The van der Waals surface area contributed by atoms with Gasteiger partial charge in [0.25, 0.3) is 0 Å². The highest BCUT2D eigenvalue weighted by molar-refractivity contribution is 7.92. The Hall–Kier alpha value is -2.40. The Balaban J connectivity index is 1.67. The molecule has 3 atom stereocenters. The Labute approximate surface area is 189 Å². The second-order valence-electron chi connectivity index (χ2n) is 8.78. The molecule has 33 heavy (non-hydrogen) atoms. The van der Waals surface area contributed by atoms with Crippen molar-refractivity contribution in [1.82, 2.24) is 9.78 Å². The zero-order valence-corrected chi connectivity index (χ0v) is 18.8. The number of sulfone groups is 1. The molecule has 2 aliphatic carbocycles. The van der Waals surface area contributed by atoms with Gasteiger partial charge < -0.3 is 9.84 Å². The molecule has 180 valence electrons. The Kier molecular flexibility index (Phi) is 6.30. The number of ether oxygens (including phenoxy) is 1. The van der Waals surface area contributed by atoms with Gasteiger partial charge in [0.15, 0.2) is 9.84 Å². The standard InChI is InChI=1S/C22H25F3N2O5S/c1-27-12-14(11-26-27)13-6-7-20(18(8-13)22(23,24)25)33(30,31)16-9-17(21(28)29)19(10-16)32-15-4-2-3-5-15/h6-8,11-12,15-17,19H,2-5,9-10H2,1H3,(H,28,29)/t16-,17-,19-/m0/s1. The monoisotopic (exact) mass is 486 g/mol. The lowest BCUT2D eigenvalue weighted by Gasteiger charge is -2.21. The predicted octanol–water partition coefficient (Wildman–Crippen LogP) is 4.07. The number of rotatable bonds is 6. The van der Waals surface area contributed by atoms with Gasteiger partial charge in [-0.1, -0.05) is 18.9 Å². The van der Waals surface area contributed by atoms with Gasteiger partial charge >= 0.3 is 12.1 Å². The maximum Gasteiger partial charge on any atom is 0.417 e. The molecule has 0 saturated heterocycles. The average Bonchev–Trinajstić information content (AvgIpc) is 3.48. The molecule has 0 aliphatic heterocycles. The summed E-state index contributed by atoms with van der Waals surface area (Å²) < 4.78 is 75.8. The van der Waals surface area contributed by atoms with Gasteiger partial charge in [0.1, 0.15) is 0 Å². The molecule has 2 saturated carbocycles. The van der Waals surface area contributed by atoms with Crippen LogP contribution in [0, 0.1) is 5.92 Å². The number of benzene rings is 1. The summed E-state index contributed by atoms with van der Waals surface area (Å²) in [6, 6.07) is 3.08. The molecule has 2 fully saturated rings. The molecule has 0 amide bonds. The first-order valence-electron chi connectivity index (χ1n) is 10.8. The van der Waals surface area contributed by atoms with E-state index >= 15 is 0 Å². The summed E-state index contributed by atoms with van der Waals surface area (Å²) in [6.07, 6.45) is 0.0650. The number of carboxylic acids is 1. The van der Waals surface area contributed by atoms with Crippen LogP contribution in [-0.2, 0) is 32.6 Å². The second kappa shape index (κ2) is 8.75. The minimum Gasteiger partial charge on any atom is -0.481 e. The molecular formula is C22H25F3N2O5S. The average molecular weight is 487 g/mol. The molecular weight excluding hydrogens is 461 g/mol. The van der Waals surface area contributed by atoms with Crippen LogP contribution in [0.15, 0.2) is 35.5 Å². The molecule has 0 bridgehead atoms. The van der Waals surface area contributed by atoms with E-state index in [1.54, 1.807) is 7.05 Å². The van der Waals surface area contributed by atoms with Crippen LogP contribution in [0.3, 0.4) is 0 Å². The molecule has 1 aromatic heterocycles. The molecule has 4 rings (SSSR count). The van der Waals surface area contributed by atoms with E-state index in [2.05, 4.69) is 5.10 Å². The van der Waals surface area contributed by atoms with Crippen LogP contribution in [0.25, 0.3) is 11.1 Å². The number of alkyl halides is 3. The van der Waals surface area contributed by atoms with Gasteiger partial charge in [-0.2, -0.15) is 18.3 Å².